The molecule has 1 aromatic carbocycles. The van der Waals surface area contributed by atoms with E-state index in [1.165, 1.54) is 30.4 Å². The van der Waals surface area contributed by atoms with E-state index in [4.69, 9.17) is 0 Å². The van der Waals surface area contributed by atoms with Crippen LogP contribution in [0.5, 0.6) is 0 Å². The fourth-order valence-electron chi connectivity index (χ4n) is 3.97. The summed E-state index contributed by atoms with van der Waals surface area (Å²) >= 11 is 0. The Labute approximate surface area is 156 Å². The summed E-state index contributed by atoms with van der Waals surface area (Å²) in [4.78, 5) is 25.5. The highest BCUT2D eigenvalue weighted by atomic mass is 16.2. The third-order valence-corrected chi connectivity index (χ3v) is 5.60. The monoisotopic (exact) mass is 357 g/mol. The molecule has 1 saturated carbocycles. The van der Waals surface area contributed by atoms with E-state index in [9.17, 15) is 9.59 Å². The second-order valence-corrected chi connectivity index (χ2v) is 7.98. The maximum absolute atomic E-state index is 12.8. The summed E-state index contributed by atoms with van der Waals surface area (Å²) in [6.45, 7) is 4.65. The van der Waals surface area contributed by atoms with Crippen LogP contribution in [0.3, 0.4) is 0 Å². The van der Waals surface area contributed by atoms with Gasteiger partial charge in [-0.05, 0) is 36.3 Å². The number of amides is 2. The van der Waals surface area contributed by atoms with E-state index in [0.717, 1.165) is 12.8 Å². The molecule has 0 bridgehead atoms. The second kappa shape index (κ2) is 8.67. The summed E-state index contributed by atoms with van der Waals surface area (Å²) in [5.41, 5.74) is 2.45. The second-order valence-electron chi connectivity index (χ2n) is 7.98. The number of hydrogen-bond acceptors (Lipinski definition) is 3. The normalized spacial score (nSPS) is 21.7. The first kappa shape index (κ1) is 18.9. The average Bonchev–Trinajstić information content (AvgIpc) is 2.66. The molecule has 5 heteroatoms. The largest absolute Gasteiger partial charge is 0.352 e. The van der Waals surface area contributed by atoms with E-state index < -0.39 is 6.04 Å². The third kappa shape index (κ3) is 4.64. The quantitative estimate of drug-likeness (QED) is 0.757. The van der Waals surface area contributed by atoms with Crippen LogP contribution in [-0.2, 0) is 22.6 Å². The minimum atomic E-state index is -0.483. The van der Waals surface area contributed by atoms with Gasteiger partial charge in [0, 0.05) is 12.6 Å². The Kier molecular flexibility index (Phi) is 6.30. The van der Waals surface area contributed by atoms with Crippen LogP contribution >= 0.6 is 0 Å². The van der Waals surface area contributed by atoms with Crippen LogP contribution in [0.4, 0.5) is 0 Å². The molecule has 0 radical (unpaired) electrons. The zero-order valence-corrected chi connectivity index (χ0v) is 15.9. The van der Waals surface area contributed by atoms with Gasteiger partial charge in [-0.2, -0.15) is 0 Å². The third-order valence-electron chi connectivity index (χ3n) is 5.60. The molecule has 3 N–H and O–H groups in total. The maximum Gasteiger partial charge on any atom is 0.243 e. The Morgan fingerprint density at radius 3 is 2.46 bits per heavy atom. The van der Waals surface area contributed by atoms with E-state index in [1.54, 1.807) is 0 Å². The van der Waals surface area contributed by atoms with Gasteiger partial charge in [0.1, 0.15) is 6.04 Å². The molecule has 1 aliphatic carbocycles. The lowest BCUT2D eigenvalue weighted by atomic mass is 9.93. The highest BCUT2D eigenvalue weighted by molar-refractivity contribution is 5.90. The zero-order valence-electron chi connectivity index (χ0n) is 15.9. The molecule has 0 unspecified atom stereocenters. The molecule has 1 heterocycles. The summed E-state index contributed by atoms with van der Waals surface area (Å²) in [5.74, 6) is -0.0770. The molecular formula is C21H31N3O2. The van der Waals surface area contributed by atoms with Crippen molar-refractivity contribution in [3.8, 4) is 0 Å². The molecule has 5 nitrogen and oxygen atoms in total. The first-order valence-electron chi connectivity index (χ1n) is 9.95. The van der Waals surface area contributed by atoms with Crippen molar-refractivity contribution >= 4 is 11.8 Å². The van der Waals surface area contributed by atoms with E-state index in [1.807, 2.05) is 26.0 Å². The SMILES string of the molecule is CC(C)[C@@H](NC(=O)[C@H]1Cc2ccccc2CN1)C(=O)NC1CCCCC1. The highest BCUT2D eigenvalue weighted by Gasteiger charge is 2.30. The van der Waals surface area contributed by atoms with Crippen LogP contribution in [0.15, 0.2) is 24.3 Å². The lowest BCUT2D eigenvalue weighted by Crippen LogP contribution is -2.57. The first-order chi connectivity index (χ1) is 12.5. The number of carbonyl (C=O) groups is 2. The van der Waals surface area contributed by atoms with E-state index in [2.05, 4.69) is 28.1 Å². The van der Waals surface area contributed by atoms with Gasteiger partial charge < -0.3 is 16.0 Å². The van der Waals surface area contributed by atoms with Crippen molar-refractivity contribution in [1.29, 1.82) is 0 Å². The number of nitrogens with one attached hydrogen (secondary N) is 3. The van der Waals surface area contributed by atoms with Gasteiger partial charge in [-0.3, -0.25) is 9.59 Å². The Morgan fingerprint density at radius 1 is 1.08 bits per heavy atom. The standard InChI is InChI=1S/C21H31N3O2/c1-14(2)19(21(26)23-17-10-4-3-5-11-17)24-20(25)18-12-15-8-6-7-9-16(15)13-22-18/h6-9,14,17-19,22H,3-5,10-13H2,1-2H3,(H,23,26)(H,24,25)/t18-,19-/m1/s1. The van der Waals surface area contributed by atoms with Crippen molar-refractivity contribution in [2.75, 3.05) is 0 Å². The highest BCUT2D eigenvalue weighted by Crippen LogP contribution is 2.19. The Hall–Kier alpha value is -1.88. The summed E-state index contributed by atoms with van der Waals surface area (Å²) in [6, 6.07) is 7.68. The number of carbonyl (C=O) groups excluding carboxylic acids is 2. The molecule has 142 valence electrons. The van der Waals surface area contributed by atoms with Crippen LogP contribution in [0.1, 0.15) is 57.1 Å². The summed E-state index contributed by atoms with van der Waals surface area (Å²) in [5, 5.41) is 9.44. The summed E-state index contributed by atoms with van der Waals surface area (Å²) in [7, 11) is 0. The van der Waals surface area contributed by atoms with Crippen molar-refractivity contribution in [3.63, 3.8) is 0 Å². The van der Waals surface area contributed by atoms with Crippen molar-refractivity contribution in [1.82, 2.24) is 16.0 Å². The van der Waals surface area contributed by atoms with Gasteiger partial charge in [0.2, 0.25) is 11.8 Å². The molecule has 2 aliphatic rings. The number of benzene rings is 1. The topological polar surface area (TPSA) is 70.2 Å². The number of fused-ring (bicyclic) bond motifs is 1. The van der Waals surface area contributed by atoms with Crippen LogP contribution in [0.2, 0.25) is 0 Å². The Morgan fingerprint density at radius 2 is 1.77 bits per heavy atom. The van der Waals surface area contributed by atoms with Gasteiger partial charge in [0.25, 0.3) is 0 Å². The fraction of sp³-hybridized carbons (Fsp3) is 0.619. The minimum absolute atomic E-state index is 0.0449. The van der Waals surface area contributed by atoms with Crippen molar-refractivity contribution in [2.24, 2.45) is 5.92 Å². The smallest absolute Gasteiger partial charge is 0.243 e. The van der Waals surface area contributed by atoms with Gasteiger partial charge in [0.15, 0.2) is 0 Å². The molecule has 2 atom stereocenters. The predicted octanol–water partition coefficient (Wildman–Crippen LogP) is 2.29. The van der Waals surface area contributed by atoms with E-state index in [0.29, 0.717) is 13.0 Å². The molecule has 3 rings (SSSR count). The van der Waals surface area contributed by atoms with Crippen LogP contribution in [0.25, 0.3) is 0 Å². The molecule has 0 spiro atoms. The fourth-order valence-corrected chi connectivity index (χ4v) is 3.97. The van der Waals surface area contributed by atoms with E-state index in [-0.39, 0.29) is 29.8 Å². The molecule has 2 amide bonds. The summed E-state index contributed by atoms with van der Waals surface area (Å²) < 4.78 is 0. The lowest BCUT2D eigenvalue weighted by Gasteiger charge is -2.30. The van der Waals surface area contributed by atoms with Crippen molar-refractivity contribution < 1.29 is 9.59 Å². The average molecular weight is 357 g/mol. The van der Waals surface area contributed by atoms with Crippen LogP contribution in [-0.4, -0.2) is 29.9 Å². The van der Waals surface area contributed by atoms with Gasteiger partial charge in [-0.1, -0.05) is 57.4 Å². The Balaban J connectivity index is 1.59. The van der Waals surface area contributed by atoms with Gasteiger partial charge >= 0.3 is 0 Å². The molecule has 1 aromatic rings. The predicted molar refractivity (Wildman–Crippen MR) is 103 cm³/mol. The van der Waals surface area contributed by atoms with Crippen LogP contribution in [0, 0.1) is 5.92 Å². The van der Waals surface area contributed by atoms with Crippen molar-refractivity contribution in [3.05, 3.63) is 35.4 Å². The van der Waals surface area contributed by atoms with Gasteiger partial charge in [0.05, 0.1) is 6.04 Å². The molecule has 26 heavy (non-hydrogen) atoms. The minimum Gasteiger partial charge on any atom is -0.352 e. The van der Waals surface area contributed by atoms with E-state index >= 15 is 0 Å². The molecular weight excluding hydrogens is 326 g/mol. The first-order valence-corrected chi connectivity index (χ1v) is 9.95. The lowest BCUT2D eigenvalue weighted by molar-refractivity contribution is -0.131. The molecule has 0 aromatic heterocycles. The number of rotatable bonds is 5. The van der Waals surface area contributed by atoms with Gasteiger partial charge in [-0.25, -0.2) is 0 Å². The van der Waals surface area contributed by atoms with Crippen LogP contribution < -0.4 is 16.0 Å². The zero-order chi connectivity index (χ0) is 18.5. The molecule has 1 fully saturated rings. The maximum atomic E-state index is 12.8. The summed E-state index contributed by atoms with van der Waals surface area (Å²) in [6.07, 6.45) is 6.36. The molecule has 1 aliphatic heterocycles. The van der Waals surface area contributed by atoms with Gasteiger partial charge in [-0.15, -0.1) is 0 Å². The molecule has 0 saturated heterocycles. The van der Waals surface area contributed by atoms with Crippen molar-refractivity contribution in [2.45, 2.75) is 77.0 Å². The number of hydrogen-bond donors (Lipinski definition) is 3. The Bertz CT molecular complexity index is 638.